The highest BCUT2D eigenvalue weighted by atomic mass is 14.9. The number of hydrogen-bond acceptors (Lipinski definition) is 0. The Balaban J connectivity index is 1.87. The van der Waals surface area contributed by atoms with Crippen LogP contribution in [0.15, 0.2) is 0 Å². The van der Waals surface area contributed by atoms with Gasteiger partial charge in [0.15, 0.2) is 0 Å². The monoisotopic (exact) mass is 636 g/mol. The normalized spacial score (nSPS) is 26.2. The molecule has 1 saturated carbocycles. The fourth-order valence-electron chi connectivity index (χ4n) is 12.9. The van der Waals surface area contributed by atoms with Crippen LogP contribution in [0, 0.1) is 111 Å². The highest BCUT2D eigenvalue weighted by Crippen LogP contribution is 2.85. The first kappa shape index (κ1) is 33.4. The molecule has 4 aromatic rings. The van der Waals surface area contributed by atoms with Crippen LogP contribution in [-0.2, 0) is 21.7 Å². The zero-order chi connectivity index (χ0) is 35.9. The molecule has 0 bridgehead atoms. The van der Waals surface area contributed by atoms with Crippen molar-refractivity contribution in [2.24, 2.45) is 0 Å². The Kier molecular flexibility index (Phi) is 6.50. The van der Waals surface area contributed by atoms with E-state index >= 15 is 0 Å². The maximum Gasteiger partial charge on any atom is 0.0140 e. The Morgan fingerprint density at radius 1 is 0.188 bits per heavy atom. The molecular weight excluding hydrogens is 577 g/mol. The minimum absolute atomic E-state index is 0.159. The molecule has 1 fully saturated rings. The zero-order valence-electron chi connectivity index (χ0n) is 34.0. The molecule has 4 aromatic carbocycles. The van der Waals surface area contributed by atoms with Crippen LogP contribution >= 0.6 is 0 Å². The van der Waals surface area contributed by atoms with E-state index in [1.54, 1.807) is 22.3 Å². The van der Waals surface area contributed by atoms with Gasteiger partial charge in [0.2, 0.25) is 0 Å². The smallest absolute Gasteiger partial charge is 0.0140 e. The number of fused-ring (bicyclic) bond motifs is 14. The molecule has 0 unspecified atom stereocenters. The molecule has 252 valence electrons. The van der Waals surface area contributed by atoms with E-state index in [-0.39, 0.29) is 21.7 Å². The lowest BCUT2D eigenvalue weighted by molar-refractivity contribution is -0.119. The highest BCUT2D eigenvalue weighted by molar-refractivity contribution is 5.96. The molecule has 0 heteroatoms. The van der Waals surface area contributed by atoms with Crippen LogP contribution in [0.3, 0.4) is 0 Å². The van der Waals surface area contributed by atoms with E-state index in [0.717, 1.165) is 0 Å². The molecule has 7 rings (SSSR count). The van der Waals surface area contributed by atoms with Crippen molar-refractivity contribution in [3.8, 4) is 22.3 Å². The topological polar surface area (TPSA) is 0 Å². The SMILES string of the molecule is Cc1c(C)c(C)c2c(c1C)-c1c(C)c(C)c(C)c(C)c1C1(C)C2(C)C2(C)c3c(C)c(C)c(C)c(C)c3-c3c(C)c(C)c(C)c(C)c3C12C. The van der Waals surface area contributed by atoms with Crippen molar-refractivity contribution >= 4 is 0 Å². The van der Waals surface area contributed by atoms with Gasteiger partial charge in [-0.2, -0.15) is 0 Å². The molecule has 0 nitrogen and oxygen atoms in total. The van der Waals surface area contributed by atoms with Gasteiger partial charge in [0.25, 0.3) is 0 Å². The van der Waals surface area contributed by atoms with Gasteiger partial charge in [-0.05, 0) is 244 Å². The van der Waals surface area contributed by atoms with Gasteiger partial charge >= 0.3 is 0 Å². The summed E-state index contributed by atoms with van der Waals surface area (Å²) in [7, 11) is 0. The molecule has 3 aliphatic rings. The summed E-state index contributed by atoms with van der Waals surface area (Å²) in [5, 5.41) is 0. The minimum Gasteiger partial charge on any atom is -0.0537 e. The third-order valence-electron chi connectivity index (χ3n) is 17.2. The molecule has 0 amide bonds. The number of rotatable bonds is 0. The van der Waals surface area contributed by atoms with Crippen LogP contribution in [-0.4, -0.2) is 0 Å². The molecule has 0 N–H and O–H groups in total. The van der Waals surface area contributed by atoms with Gasteiger partial charge in [0, 0.05) is 21.7 Å². The predicted octanol–water partition coefficient (Wildman–Crippen LogP) is 12.7. The molecule has 0 heterocycles. The molecule has 0 saturated heterocycles. The third-order valence-corrected chi connectivity index (χ3v) is 17.2. The summed E-state index contributed by atoms with van der Waals surface area (Å²) in [4.78, 5) is 0. The highest BCUT2D eigenvalue weighted by Gasteiger charge is 2.85. The molecular formula is C48H60. The van der Waals surface area contributed by atoms with E-state index in [1.807, 2.05) is 0 Å². The molecule has 3 aliphatic carbocycles. The second-order valence-electron chi connectivity index (χ2n) is 17.5. The molecule has 0 aromatic heterocycles. The van der Waals surface area contributed by atoms with Crippen molar-refractivity contribution in [3.63, 3.8) is 0 Å². The van der Waals surface area contributed by atoms with E-state index in [9.17, 15) is 0 Å². The lowest BCUT2D eigenvalue weighted by atomic mass is 9.18. The summed E-state index contributed by atoms with van der Waals surface area (Å²) in [5.41, 5.74) is 35.6. The summed E-state index contributed by atoms with van der Waals surface area (Å²) in [6, 6.07) is 0. The molecule has 0 atom stereocenters. The maximum absolute atomic E-state index is 2.71. The van der Waals surface area contributed by atoms with Crippen LogP contribution in [0.2, 0.25) is 0 Å². The molecule has 0 aliphatic heterocycles. The summed E-state index contributed by atoms with van der Waals surface area (Å²) in [6.07, 6.45) is 0. The quantitative estimate of drug-likeness (QED) is 0.180. The maximum atomic E-state index is 2.71. The molecule has 0 radical (unpaired) electrons. The van der Waals surface area contributed by atoms with Gasteiger partial charge in [-0.1, -0.05) is 27.7 Å². The molecule has 48 heavy (non-hydrogen) atoms. The minimum atomic E-state index is -0.159. The van der Waals surface area contributed by atoms with Crippen molar-refractivity contribution in [2.75, 3.05) is 0 Å². The average Bonchev–Trinajstić information content (AvgIpc) is 3.05. The van der Waals surface area contributed by atoms with E-state index in [2.05, 4.69) is 138 Å². The van der Waals surface area contributed by atoms with Gasteiger partial charge in [-0.25, -0.2) is 0 Å². The summed E-state index contributed by atoms with van der Waals surface area (Å²) >= 11 is 0. The van der Waals surface area contributed by atoms with E-state index in [1.165, 1.54) is 111 Å². The Hall–Kier alpha value is -3.12. The van der Waals surface area contributed by atoms with Crippen molar-refractivity contribution in [1.82, 2.24) is 0 Å². The van der Waals surface area contributed by atoms with Crippen molar-refractivity contribution in [3.05, 3.63) is 111 Å². The summed E-state index contributed by atoms with van der Waals surface area (Å²) in [6.45, 7) is 49.4. The average molecular weight is 637 g/mol. The number of hydrogen-bond donors (Lipinski definition) is 0. The lowest BCUT2D eigenvalue weighted by Crippen LogP contribution is -2.86. The first-order valence-corrected chi connectivity index (χ1v) is 18.5. The van der Waals surface area contributed by atoms with Crippen LogP contribution in [0.5, 0.6) is 0 Å². The third kappa shape index (κ3) is 2.91. The first-order chi connectivity index (χ1) is 22.1. The van der Waals surface area contributed by atoms with E-state index in [0.29, 0.717) is 0 Å². The van der Waals surface area contributed by atoms with Crippen LogP contribution in [0.1, 0.15) is 139 Å². The predicted molar refractivity (Wildman–Crippen MR) is 209 cm³/mol. The lowest BCUT2D eigenvalue weighted by Gasteiger charge is -2.83. The van der Waals surface area contributed by atoms with Crippen LogP contribution in [0.25, 0.3) is 22.3 Å². The Morgan fingerprint density at radius 3 is 0.458 bits per heavy atom. The Labute approximate surface area is 292 Å². The molecule has 0 spiro atoms. The largest absolute Gasteiger partial charge is 0.0537 e. The van der Waals surface area contributed by atoms with Crippen LogP contribution in [0.4, 0.5) is 0 Å². The van der Waals surface area contributed by atoms with E-state index < -0.39 is 0 Å². The summed E-state index contributed by atoms with van der Waals surface area (Å²) < 4.78 is 0. The Bertz CT molecular complexity index is 1900. The zero-order valence-corrected chi connectivity index (χ0v) is 34.0. The van der Waals surface area contributed by atoms with Gasteiger partial charge in [0.1, 0.15) is 0 Å². The van der Waals surface area contributed by atoms with Gasteiger partial charge in [0.05, 0.1) is 0 Å². The fourth-order valence-corrected chi connectivity index (χ4v) is 12.9. The van der Waals surface area contributed by atoms with E-state index in [4.69, 9.17) is 0 Å². The van der Waals surface area contributed by atoms with Crippen molar-refractivity contribution in [1.29, 1.82) is 0 Å². The fraction of sp³-hybridized carbons (Fsp3) is 0.500. The van der Waals surface area contributed by atoms with Gasteiger partial charge < -0.3 is 0 Å². The van der Waals surface area contributed by atoms with Gasteiger partial charge in [-0.15, -0.1) is 0 Å². The standard InChI is InChI=1S/C48H60/c1-21-25(5)33(13)41-37(29(21)9)38-30(10)22(2)26(6)34(14)42(38)46(18)45(41,17)47(19)43-35(15)27(7)23(3)31(11)39(43)40-32(12)24(4)28(8)36(16)44(40)48(46,47)20/h1-20H3. The summed E-state index contributed by atoms with van der Waals surface area (Å²) in [5.74, 6) is 0. The van der Waals surface area contributed by atoms with Crippen LogP contribution < -0.4 is 0 Å². The second-order valence-corrected chi connectivity index (χ2v) is 17.5. The number of benzene rings is 4. The first-order valence-electron chi connectivity index (χ1n) is 18.5. The second kappa shape index (κ2) is 9.35. The Morgan fingerprint density at radius 2 is 0.312 bits per heavy atom. The van der Waals surface area contributed by atoms with Crippen molar-refractivity contribution in [2.45, 2.75) is 160 Å². The van der Waals surface area contributed by atoms with Gasteiger partial charge in [-0.3, -0.25) is 0 Å². The van der Waals surface area contributed by atoms with Crippen molar-refractivity contribution < 1.29 is 0 Å².